The van der Waals surface area contributed by atoms with E-state index >= 15 is 0 Å². The van der Waals surface area contributed by atoms with Crippen LogP contribution in [0.5, 0.6) is 5.75 Å². The van der Waals surface area contributed by atoms with Gasteiger partial charge in [0.05, 0.1) is 24.6 Å². The van der Waals surface area contributed by atoms with Crippen LogP contribution in [0.3, 0.4) is 0 Å². The van der Waals surface area contributed by atoms with Gasteiger partial charge in [-0.2, -0.15) is 0 Å². The first-order valence-electron chi connectivity index (χ1n) is 7.88. The van der Waals surface area contributed by atoms with Crippen LogP contribution in [0.15, 0.2) is 30.4 Å². The molecule has 5 heteroatoms. The van der Waals surface area contributed by atoms with Gasteiger partial charge in [0.15, 0.2) is 0 Å². The van der Waals surface area contributed by atoms with Gasteiger partial charge >= 0.3 is 5.97 Å². The number of carbonyl (C=O) groups is 2. The van der Waals surface area contributed by atoms with Gasteiger partial charge in [0.25, 0.3) is 0 Å². The van der Waals surface area contributed by atoms with Gasteiger partial charge in [0, 0.05) is 0 Å². The summed E-state index contributed by atoms with van der Waals surface area (Å²) in [5, 5.41) is 12.4. The van der Waals surface area contributed by atoms with Gasteiger partial charge in [-0.3, -0.25) is 9.59 Å². The number of rotatable bonds is 4. The fourth-order valence-electron chi connectivity index (χ4n) is 3.82. The van der Waals surface area contributed by atoms with E-state index in [4.69, 9.17) is 4.74 Å². The highest BCUT2D eigenvalue weighted by atomic mass is 16.5. The second-order valence-corrected chi connectivity index (χ2v) is 6.37. The van der Waals surface area contributed by atoms with Crippen LogP contribution in [0.1, 0.15) is 18.4 Å². The minimum absolute atomic E-state index is 0.00287. The minimum atomic E-state index is -0.889. The minimum Gasteiger partial charge on any atom is -0.495 e. The summed E-state index contributed by atoms with van der Waals surface area (Å²) in [6.07, 6.45) is 5.68. The van der Waals surface area contributed by atoms with E-state index in [9.17, 15) is 14.7 Å². The quantitative estimate of drug-likeness (QED) is 0.838. The molecule has 1 fully saturated rings. The number of methoxy groups -OCH3 is 1. The normalized spacial score (nSPS) is 28.4. The van der Waals surface area contributed by atoms with Crippen molar-refractivity contribution in [1.29, 1.82) is 0 Å². The Hall–Kier alpha value is -2.30. The maximum atomic E-state index is 12.8. The second kappa shape index (κ2) is 6.07. The standard InChI is InChI=1S/C18H21NO4/c1-10-3-8-14(23-2)13(9-10)19-17(20)15-11-4-6-12(7-5-11)16(15)18(21)22/h3-4,6,8-9,11-12,15-16H,5,7H2,1-2H3,(H,19,20)(H,21,22). The molecular formula is C18H21NO4. The zero-order valence-corrected chi connectivity index (χ0v) is 13.3. The number of carboxylic acid groups (broad SMARTS) is 1. The molecule has 1 aromatic carbocycles. The molecular weight excluding hydrogens is 294 g/mol. The van der Waals surface area contributed by atoms with E-state index in [0.717, 1.165) is 18.4 Å². The van der Waals surface area contributed by atoms with Crippen LogP contribution < -0.4 is 10.1 Å². The lowest BCUT2D eigenvalue weighted by atomic mass is 9.62. The monoisotopic (exact) mass is 315 g/mol. The Morgan fingerprint density at radius 2 is 1.83 bits per heavy atom. The van der Waals surface area contributed by atoms with Gasteiger partial charge < -0.3 is 15.2 Å². The number of ether oxygens (including phenoxy) is 1. The van der Waals surface area contributed by atoms with E-state index < -0.39 is 17.8 Å². The van der Waals surface area contributed by atoms with E-state index in [0.29, 0.717) is 11.4 Å². The topological polar surface area (TPSA) is 75.6 Å². The van der Waals surface area contributed by atoms with Crippen molar-refractivity contribution in [3.8, 4) is 5.75 Å². The van der Waals surface area contributed by atoms with Crippen molar-refractivity contribution >= 4 is 17.6 Å². The van der Waals surface area contributed by atoms with Crippen LogP contribution >= 0.6 is 0 Å². The van der Waals surface area contributed by atoms with Crippen molar-refractivity contribution in [2.45, 2.75) is 19.8 Å². The number of allylic oxidation sites excluding steroid dienone is 2. The zero-order chi connectivity index (χ0) is 16.6. The molecule has 0 heterocycles. The van der Waals surface area contributed by atoms with Crippen LogP contribution in [-0.4, -0.2) is 24.1 Å². The maximum absolute atomic E-state index is 12.8. The van der Waals surface area contributed by atoms with Crippen LogP contribution in [0, 0.1) is 30.6 Å². The Morgan fingerprint density at radius 3 is 2.39 bits per heavy atom. The van der Waals surface area contributed by atoms with Crippen molar-refractivity contribution in [2.75, 3.05) is 12.4 Å². The molecule has 0 aromatic heterocycles. The maximum Gasteiger partial charge on any atom is 0.307 e. The van der Waals surface area contributed by atoms with Crippen LogP contribution in [0.2, 0.25) is 0 Å². The van der Waals surface area contributed by atoms with Crippen LogP contribution in [0.25, 0.3) is 0 Å². The molecule has 4 unspecified atom stereocenters. The summed E-state index contributed by atoms with van der Waals surface area (Å²) >= 11 is 0. The zero-order valence-electron chi connectivity index (χ0n) is 13.3. The summed E-state index contributed by atoms with van der Waals surface area (Å²) in [7, 11) is 1.55. The fourth-order valence-corrected chi connectivity index (χ4v) is 3.82. The van der Waals surface area contributed by atoms with Gasteiger partial charge in [0.2, 0.25) is 5.91 Å². The van der Waals surface area contributed by atoms with E-state index in [1.54, 1.807) is 13.2 Å². The highest BCUT2D eigenvalue weighted by Gasteiger charge is 2.48. The molecule has 0 aliphatic heterocycles. The third kappa shape index (κ3) is 2.83. The number of hydrogen-bond donors (Lipinski definition) is 2. The predicted octanol–water partition coefficient (Wildman–Crippen LogP) is 2.86. The molecule has 1 amide bonds. The molecule has 3 aliphatic carbocycles. The summed E-state index contributed by atoms with van der Waals surface area (Å²) < 4.78 is 5.28. The van der Waals surface area contributed by atoms with Crippen molar-refractivity contribution in [3.05, 3.63) is 35.9 Å². The molecule has 0 saturated heterocycles. The number of fused-ring (bicyclic) bond motifs is 2. The smallest absolute Gasteiger partial charge is 0.307 e. The van der Waals surface area contributed by atoms with Crippen LogP contribution in [-0.2, 0) is 9.59 Å². The van der Waals surface area contributed by atoms with Gasteiger partial charge in [-0.25, -0.2) is 0 Å². The molecule has 2 bridgehead atoms. The molecule has 4 atom stereocenters. The van der Waals surface area contributed by atoms with Crippen molar-refractivity contribution in [2.24, 2.45) is 23.7 Å². The first kappa shape index (κ1) is 15.6. The molecule has 122 valence electrons. The molecule has 3 aliphatic rings. The van der Waals surface area contributed by atoms with Gasteiger partial charge in [-0.05, 0) is 49.3 Å². The lowest BCUT2D eigenvalue weighted by Crippen LogP contribution is -2.47. The highest BCUT2D eigenvalue weighted by molar-refractivity contribution is 5.97. The number of aliphatic carboxylic acids is 1. The van der Waals surface area contributed by atoms with E-state index in [1.807, 2.05) is 31.2 Å². The third-order valence-electron chi connectivity index (χ3n) is 4.95. The molecule has 0 radical (unpaired) electrons. The Kier molecular flexibility index (Phi) is 4.11. The number of amides is 1. The van der Waals surface area contributed by atoms with E-state index in [-0.39, 0.29) is 17.7 Å². The highest BCUT2D eigenvalue weighted by Crippen LogP contribution is 2.45. The second-order valence-electron chi connectivity index (χ2n) is 6.37. The number of hydrogen-bond acceptors (Lipinski definition) is 3. The molecule has 4 rings (SSSR count). The number of carboxylic acids is 1. The number of benzene rings is 1. The molecule has 23 heavy (non-hydrogen) atoms. The molecule has 1 saturated carbocycles. The SMILES string of the molecule is COc1ccc(C)cc1NC(=O)C1C2C=CC(CC2)C1C(=O)O. The largest absolute Gasteiger partial charge is 0.495 e. The molecule has 0 spiro atoms. The summed E-state index contributed by atoms with van der Waals surface area (Å²) in [4.78, 5) is 24.4. The van der Waals surface area contributed by atoms with Crippen molar-refractivity contribution < 1.29 is 19.4 Å². The fraction of sp³-hybridized carbons (Fsp3) is 0.444. The number of nitrogens with one attached hydrogen (secondary N) is 1. The van der Waals surface area contributed by atoms with Gasteiger partial charge in [0.1, 0.15) is 5.75 Å². The van der Waals surface area contributed by atoms with E-state index in [2.05, 4.69) is 5.32 Å². The molecule has 2 N–H and O–H groups in total. The average molecular weight is 315 g/mol. The number of carbonyl (C=O) groups excluding carboxylic acids is 1. The Balaban J connectivity index is 1.87. The Morgan fingerprint density at radius 1 is 1.17 bits per heavy atom. The Labute approximate surface area is 135 Å². The Bertz CT molecular complexity index is 667. The number of anilines is 1. The third-order valence-corrected chi connectivity index (χ3v) is 4.95. The average Bonchev–Trinajstić information content (AvgIpc) is 2.55. The number of aryl methyl sites for hydroxylation is 1. The lowest BCUT2D eigenvalue weighted by molar-refractivity contribution is -0.151. The summed E-state index contributed by atoms with van der Waals surface area (Å²) in [5.41, 5.74) is 1.59. The predicted molar refractivity (Wildman–Crippen MR) is 86.3 cm³/mol. The lowest BCUT2D eigenvalue weighted by Gasteiger charge is -2.41. The molecule has 5 nitrogen and oxygen atoms in total. The first-order chi connectivity index (χ1) is 11.0. The van der Waals surface area contributed by atoms with Crippen molar-refractivity contribution in [3.63, 3.8) is 0 Å². The summed E-state index contributed by atoms with van der Waals surface area (Å²) in [5.74, 6) is -1.77. The van der Waals surface area contributed by atoms with Gasteiger partial charge in [-0.1, -0.05) is 18.2 Å². The summed E-state index contributed by atoms with van der Waals surface area (Å²) in [6.45, 7) is 1.93. The van der Waals surface area contributed by atoms with Crippen LogP contribution in [0.4, 0.5) is 5.69 Å². The summed E-state index contributed by atoms with van der Waals surface area (Å²) in [6, 6.07) is 5.54. The van der Waals surface area contributed by atoms with E-state index in [1.165, 1.54) is 0 Å². The molecule has 1 aromatic rings. The first-order valence-corrected chi connectivity index (χ1v) is 7.88. The van der Waals surface area contributed by atoms with Crippen molar-refractivity contribution in [1.82, 2.24) is 0 Å². The van der Waals surface area contributed by atoms with Gasteiger partial charge in [-0.15, -0.1) is 0 Å².